The van der Waals surface area contributed by atoms with E-state index < -0.39 is 15.4 Å². The Labute approximate surface area is 117 Å². The normalized spacial score (nSPS) is 41.7. The van der Waals surface area contributed by atoms with Crippen LogP contribution in [0.15, 0.2) is 0 Å². The zero-order valence-corrected chi connectivity index (χ0v) is 13.1. The van der Waals surface area contributed by atoms with E-state index in [0.29, 0.717) is 12.3 Å². The van der Waals surface area contributed by atoms with Crippen LogP contribution in [0.5, 0.6) is 0 Å². The zero-order chi connectivity index (χ0) is 14.1. The standard InChI is InChI=1S/C15H28O3S/c1-12-5-4-9-15(16,10-8-12)13-6-3-7-14(11-13)19(2,17)18/h12-14,16H,3-11H2,1-2H3. The van der Waals surface area contributed by atoms with Crippen LogP contribution in [0.2, 0.25) is 0 Å². The minimum Gasteiger partial charge on any atom is -0.390 e. The van der Waals surface area contributed by atoms with Gasteiger partial charge >= 0.3 is 0 Å². The smallest absolute Gasteiger partial charge is 0.150 e. The van der Waals surface area contributed by atoms with Crippen molar-refractivity contribution in [1.29, 1.82) is 0 Å². The average Bonchev–Trinajstić information content (AvgIpc) is 2.52. The quantitative estimate of drug-likeness (QED) is 0.795. The Bertz CT molecular complexity index is 404. The summed E-state index contributed by atoms with van der Waals surface area (Å²) in [4.78, 5) is 0. The van der Waals surface area contributed by atoms with Crippen LogP contribution in [0.25, 0.3) is 0 Å². The van der Waals surface area contributed by atoms with E-state index >= 15 is 0 Å². The predicted octanol–water partition coefficient (Wildman–Crippen LogP) is 2.92. The van der Waals surface area contributed by atoms with Crippen molar-refractivity contribution in [2.75, 3.05) is 6.26 Å². The highest BCUT2D eigenvalue weighted by molar-refractivity contribution is 7.91. The first-order valence-corrected chi connectivity index (χ1v) is 9.68. The monoisotopic (exact) mass is 288 g/mol. The van der Waals surface area contributed by atoms with Gasteiger partial charge in [0, 0.05) is 6.26 Å². The third-order valence-corrected chi connectivity index (χ3v) is 7.01. The molecule has 0 spiro atoms. The SMILES string of the molecule is CC1CCCC(O)(C2CCCC(S(C)(=O)=O)C2)CC1. The highest BCUT2D eigenvalue weighted by Crippen LogP contribution is 2.42. The number of rotatable bonds is 2. The summed E-state index contributed by atoms with van der Waals surface area (Å²) in [6.45, 7) is 2.26. The largest absolute Gasteiger partial charge is 0.390 e. The maximum Gasteiger partial charge on any atom is 0.150 e. The van der Waals surface area contributed by atoms with Crippen molar-refractivity contribution in [2.24, 2.45) is 11.8 Å². The lowest BCUT2D eigenvalue weighted by Gasteiger charge is -2.40. The van der Waals surface area contributed by atoms with Crippen molar-refractivity contribution >= 4 is 9.84 Å². The first-order valence-electron chi connectivity index (χ1n) is 7.72. The molecule has 2 saturated carbocycles. The molecule has 112 valence electrons. The lowest BCUT2D eigenvalue weighted by Crippen LogP contribution is -2.42. The summed E-state index contributed by atoms with van der Waals surface area (Å²) in [5.74, 6) is 0.884. The molecule has 2 aliphatic rings. The van der Waals surface area contributed by atoms with Crippen molar-refractivity contribution in [1.82, 2.24) is 0 Å². The summed E-state index contributed by atoms with van der Waals surface area (Å²) < 4.78 is 23.5. The van der Waals surface area contributed by atoms with E-state index in [9.17, 15) is 13.5 Å². The van der Waals surface area contributed by atoms with Gasteiger partial charge in [-0.25, -0.2) is 8.42 Å². The summed E-state index contributed by atoms with van der Waals surface area (Å²) in [7, 11) is -2.96. The second-order valence-electron chi connectivity index (χ2n) is 6.95. The molecule has 0 bridgehead atoms. The van der Waals surface area contributed by atoms with Crippen molar-refractivity contribution < 1.29 is 13.5 Å². The summed E-state index contributed by atoms with van der Waals surface area (Å²) >= 11 is 0. The predicted molar refractivity (Wildman–Crippen MR) is 77.8 cm³/mol. The molecule has 0 amide bonds. The topological polar surface area (TPSA) is 54.4 Å². The fourth-order valence-corrected chi connectivity index (χ4v) is 5.13. The molecule has 0 aliphatic heterocycles. The van der Waals surface area contributed by atoms with Crippen LogP contribution >= 0.6 is 0 Å². The van der Waals surface area contributed by atoms with Crippen LogP contribution in [-0.2, 0) is 9.84 Å². The Kier molecular flexibility index (Phi) is 4.61. The number of hydrogen-bond acceptors (Lipinski definition) is 3. The van der Waals surface area contributed by atoms with Crippen LogP contribution in [0.1, 0.15) is 64.7 Å². The highest BCUT2D eigenvalue weighted by atomic mass is 32.2. The van der Waals surface area contributed by atoms with Crippen molar-refractivity contribution in [2.45, 2.75) is 75.6 Å². The van der Waals surface area contributed by atoms with Crippen LogP contribution < -0.4 is 0 Å². The Morgan fingerprint density at radius 2 is 1.79 bits per heavy atom. The van der Waals surface area contributed by atoms with Gasteiger partial charge in [0.25, 0.3) is 0 Å². The van der Waals surface area contributed by atoms with E-state index in [1.165, 1.54) is 12.7 Å². The Morgan fingerprint density at radius 1 is 1.05 bits per heavy atom. The van der Waals surface area contributed by atoms with E-state index in [2.05, 4.69) is 6.92 Å². The lowest BCUT2D eigenvalue weighted by atomic mass is 9.73. The van der Waals surface area contributed by atoms with Gasteiger partial charge in [-0.05, 0) is 50.4 Å². The molecule has 2 fully saturated rings. The zero-order valence-electron chi connectivity index (χ0n) is 12.3. The van der Waals surface area contributed by atoms with E-state index in [-0.39, 0.29) is 11.2 Å². The van der Waals surface area contributed by atoms with Crippen molar-refractivity contribution in [3.8, 4) is 0 Å². The van der Waals surface area contributed by atoms with Gasteiger partial charge in [0.15, 0.2) is 0 Å². The third-order valence-electron chi connectivity index (χ3n) is 5.37. The Morgan fingerprint density at radius 3 is 2.47 bits per heavy atom. The minimum atomic E-state index is -2.96. The second-order valence-corrected chi connectivity index (χ2v) is 9.28. The summed E-state index contributed by atoms with van der Waals surface area (Å²) in [5, 5.41) is 10.8. The van der Waals surface area contributed by atoms with Crippen LogP contribution in [0, 0.1) is 11.8 Å². The summed E-state index contributed by atoms with van der Waals surface area (Å²) in [6, 6.07) is 0. The second kappa shape index (κ2) is 5.72. The molecule has 4 unspecified atom stereocenters. The molecule has 0 radical (unpaired) electrons. The highest BCUT2D eigenvalue weighted by Gasteiger charge is 2.42. The molecule has 0 heterocycles. The molecule has 0 aromatic rings. The molecule has 4 atom stereocenters. The number of hydrogen-bond donors (Lipinski definition) is 1. The van der Waals surface area contributed by atoms with Gasteiger partial charge < -0.3 is 5.11 Å². The molecule has 0 saturated heterocycles. The van der Waals surface area contributed by atoms with E-state index in [4.69, 9.17) is 0 Å². The van der Waals surface area contributed by atoms with E-state index in [0.717, 1.165) is 44.9 Å². The van der Waals surface area contributed by atoms with Crippen LogP contribution in [-0.4, -0.2) is 30.6 Å². The average molecular weight is 288 g/mol. The fraction of sp³-hybridized carbons (Fsp3) is 1.00. The number of sulfone groups is 1. The summed E-state index contributed by atoms with van der Waals surface area (Å²) in [6.07, 6.45) is 9.81. The Hall–Kier alpha value is -0.0900. The molecule has 19 heavy (non-hydrogen) atoms. The first-order chi connectivity index (χ1) is 8.81. The molecule has 1 N–H and O–H groups in total. The van der Waals surface area contributed by atoms with Gasteiger partial charge in [-0.2, -0.15) is 0 Å². The molecular weight excluding hydrogens is 260 g/mol. The van der Waals surface area contributed by atoms with E-state index in [1.807, 2.05) is 0 Å². The van der Waals surface area contributed by atoms with Gasteiger partial charge in [-0.1, -0.05) is 26.2 Å². The van der Waals surface area contributed by atoms with Gasteiger partial charge in [0.2, 0.25) is 0 Å². The third kappa shape index (κ3) is 3.72. The molecule has 3 nitrogen and oxygen atoms in total. The fourth-order valence-electron chi connectivity index (χ4n) is 3.95. The molecule has 4 heteroatoms. The van der Waals surface area contributed by atoms with Crippen molar-refractivity contribution in [3.05, 3.63) is 0 Å². The minimum absolute atomic E-state index is 0.186. The lowest BCUT2D eigenvalue weighted by molar-refractivity contribution is -0.0452. The van der Waals surface area contributed by atoms with E-state index in [1.54, 1.807) is 0 Å². The first kappa shape index (κ1) is 15.3. The van der Waals surface area contributed by atoms with Crippen molar-refractivity contribution in [3.63, 3.8) is 0 Å². The molecule has 2 aliphatic carbocycles. The maximum atomic E-state index is 11.8. The summed E-state index contributed by atoms with van der Waals surface area (Å²) in [5.41, 5.74) is -0.603. The molecule has 2 rings (SSSR count). The molecule has 0 aromatic carbocycles. The van der Waals surface area contributed by atoms with Gasteiger partial charge in [-0.3, -0.25) is 0 Å². The van der Waals surface area contributed by atoms with Gasteiger partial charge in [-0.15, -0.1) is 0 Å². The number of aliphatic hydroxyl groups is 1. The Balaban J connectivity index is 2.07. The van der Waals surface area contributed by atoms with Gasteiger partial charge in [0.1, 0.15) is 9.84 Å². The van der Waals surface area contributed by atoms with Crippen LogP contribution in [0.4, 0.5) is 0 Å². The van der Waals surface area contributed by atoms with Gasteiger partial charge in [0.05, 0.1) is 10.9 Å². The van der Waals surface area contributed by atoms with Crippen LogP contribution in [0.3, 0.4) is 0 Å². The molecular formula is C15H28O3S. The molecule has 0 aromatic heterocycles. The maximum absolute atomic E-state index is 11.8.